The van der Waals surface area contributed by atoms with Crippen LogP contribution in [0.2, 0.25) is 0 Å². The second-order valence-corrected chi connectivity index (χ2v) is 2.65. The average molecular weight is 202 g/mol. The fraction of sp³-hybridized carbons (Fsp3) is 0. The number of halogens is 2. The van der Waals surface area contributed by atoms with Crippen LogP contribution in [0.5, 0.6) is 0 Å². The molecule has 1 aromatic rings. The van der Waals surface area contributed by atoms with Crippen molar-refractivity contribution in [2.24, 2.45) is 0 Å². The van der Waals surface area contributed by atoms with Crippen molar-refractivity contribution in [3.63, 3.8) is 0 Å². The van der Waals surface area contributed by atoms with Gasteiger partial charge in [-0.25, -0.2) is 4.98 Å². The fourth-order valence-electron chi connectivity index (χ4n) is 0.581. The molecule has 0 saturated carbocycles. The van der Waals surface area contributed by atoms with Crippen LogP contribution in [0.25, 0.3) is 6.08 Å². The zero-order chi connectivity index (χ0) is 7.56. The lowest BCUT2D eigenvalue weighted by atomic mass is 10.3. The van der Waals surface area contributed by atoms with Gasteiger partial charge >= 0.3 is 0 Å². The highest BCUT2D eigenvalue weighted by Gasteiger charge is 1.98. The van der Waals surface area contributed by atoms with Crippen molar-refractivity contribution < 1.29 is 4.39 Å². The van der Waals surface area contributed by atoms with E-state index in [0.717, 1.165) is 4.47 Å². The lowest BCUT2D eigenvalue weighted by molar-refractivity contribution is 0.580. The first kappa shape index (κ1) is 7.41. The van der Waals surface area contributed by atoms with Crippen molar-refractivity contribution >= 4 is 22.0 Å². The number of hydrogen-bond acceptors (Lipinski definition) is 1. The third-order valence-electron chi connectivity index (χ3n) is 1.05. The monoisotopic (exact) mass is 201 g/mol. The van der Waals surface area contributed by atoms with Gasteiger partial charge < -0.3 is 0 Å². The van der Waals surface area contributed by atoms with Gasteiger partial charge in [-0.3, -0.25) is 0 Å². The van der Waals surface area contributed by atoms with E-state index in [2.05, 4.69) is 27.5 Å². The summed E-state index contributed by atoms with van der Waals surface area (Å²) >= 11 is 3.16. The van der Waals surface area contributed by atoms with Crippen LogP contribution in [-0.2, 0) is 0 Å². The maximum atomic E-state index is 12.6. The summed E-state index contributed by atoms with van der Waals surface area (Å²) in [5, 5.41) is 0. The Morgan fingerprint density at radius 3 is 2.90 bits per heavy atom. The first-order valence-electron chi connectivity index (χ1n) is 2.67. The molecule has 0 atom stereocenters. The number of pyridine rings is 1. The molecule has 0 N–H and O–H groups in total. The molecule has 1 nitrogen and oxygen atoms in total. The zero-order valence-electron chi connectivity index (χ0n) is 5.14. The summed E-state index contributed by atoms with van der Waals surface area (Å²) in [6, 6.07) is 1.62. The Kier molecular flexibility index (Phi) is 2.17. The molecule has 1 rings (SSSR count). The predicted octanol–water partition coefficient (Wildman–Crippen LogP) is 2.63. The van der Waals surface area contributed by atoms with Gasteiger partial charge in [-0.1, -0.05) is 12.7 Å². The van der Waals surface area contributed by atoms with Crippen LogP contribution in [-0.4, -0.2) is 4.98 Å². The van der Waals surface area contributed by atoms with Gasteiger partial charge in [0.2, 0.25) is 5.95 Å². The average Bonchev–Trinajstić information content (AvgIpc) is 1.94. The molecule has 0 aliphatic rings. The van der Waals surface area contributed by atoms with Gasteiger partial charge in [-0.15, -0.1) is 0 Å². The molecule has 0 aliphatic carbocycles. The maximum Gasteiger partial charge on any atom is 0.220 e. The van der Waals surface area contributed by atoms with Crippen LogP contribution in [0, 0.1) is 5.95 Å². The molecule has 0 aliphatic heterocycles. The molecule has 1 heterocycles. The van der Waals surface area contributed by atoms with Crippen LogP contribution in [0.1, 0.15) is 5.56 Å². The number of hydrogen-bond donors (Lipinski definition) is 0. The smallest absolute Gasteiger partial charge is 0.220 e. The Morgan fingerprint density at radius 2 is 2.40 bits per heavy atom. The van der Waals surface area contributed by atoms with Gasteiger partial charge in [0.25, 0.3) is 0 Å². The first-order valence-corrected chi connectivity index (χ1v) is 3.47. The van der Waals surface area contributed by atoms with Crippen LogP contribution in [0.3, 0.4) is 0 Å². The Balaban J connectivity index is 3.21. The molecular formula is C7H5BrFN. The van der Waals surface area contributed by atoms with Gasteiger partial charge in [0.1, 0.15) is 0 Å². The summed E-state index contributed by atoms with van der Waals surface area (Å²) in [5.74, 6) is -0.488. The van der Waals surface area contributed by atoms with E-state index in [1.54, 1.807) is 6.07 Å². The Hall–Kier alpha value is -0.700. The van der Waals surface area contributed by atoms with E-state index in [0.29, 0.717) is 5.56 Å². The van der Waals surface area contributed by atoms with E-state index >= 15 is 0 Å². The van der Waals surface area contributed by atoms with E-state index in [4.69, 9.17) is 0 Å². The Labute approximate surface area is 66.7 Å². The third-order valence-corrected chi connectivity index (χ3v) is 1.49. The SMILES string of the molecule is C=Cc1cc(Br)cnc1F. The van der Waals surface area contributed by atoms with Crippen LogP contribution in [0.4, 0.5) is 4.39 Å². The largest absolute Gasteiger partial charge is 0.227 e. The zero-order valence-corrected chi connectivity index (χ0v) is 6.73. The minimum absolute atomic E-state index is 0.411. The topological polar surface area (TPSA) is 12.9 Å². The third kappa shape index (κ3) is 1.42. The minimum Gasteiger partial charge on any atom is -0.227 e. The summed E-state index contributed by atoms with van der Waals surface area (Å²) in [6.45, 7) is 3.43. The van der Waals surface area contributed by atoms with Gasteiger partial charge in [0.05, 0.1) is 0 Å². The summed E-state index contributed by atoms with van der Waals surface area (Å²) in [4.78, 5) is 3.46. The van der Waals surface area contributed by atoms with E-state index in [1.165, 1.54) is 12.3 Å². The lowest BCUT2D eigenvalue weighted by Gasteiger charge is -1.94. The standard InChI is InChI=1S/C7H5BrFN/c1-2-5-3-6(8)4-10-7(5)9/h2-4H,1H2. The van der Waals surface area contributed by atoms with Gasteiger partial charge in [0.15, 0.2) is 0 Å². The highest BCUT2D eigenvalue weighted by molar-refractivity contribution is 9.10. The highest BCUT2D eigenvalue weighted by Crippen LogP contribution is 2.13. The van der Waals surface area contributed by atoms with E-state index < -0.39 is 5.95 Å². The van der Waals surface area contributed by atoms with Crippen molar-refractivity contribution in [1.82, 2.24) is 4.98 Å². The lowest BCUT2D eigenvalue weighted by Crippen LogP contribution is -1.85. The molecule has 3 heteroatoms. The minimum atomic E-state index is -0.488. The van der Waals surface area contributed by atoms with Gasteiger partial charge in [0, 0.05) is 16.2 Å². The maximum absolute atomic E-state index is 12.6. The number of rotatable bonds is 1. The molecule has 0 spiro atoms. The summed E-state index contributed by atoms with van der Waals surface area (Å²) in [5.41, 5.74) is 0.411. The molecule has 0 saturated heterocycles. The Bertz CT molecular complexity index is 260. The number of nitrogens with zero attached hydrogens (tertiary/aromatic N) is 1. The second kappa shape index (κ2) is 2.92. The van der Waals surface area contributed by atoms with Gasteiger partial charge in [-0.2, -0.15) is 4.39 Å². The molecule has 0 amide bonds. The summed E-state index contributed by atoms with van der Waals surface area (Å²) in [6.07, 6.45) is 2.83. The summed E-state index contributed by atoms with van der Waals surface area (Å²) in [7, 11) is 0. The van der Waals surface area contributed by atoms with E-state index in [-0.39, 0.29) is 0 Å². The van der Waals surface area contributed by atoms with Crippen LogP contribution < -0.4 is 0 Å². The molecule has 1 aromatic heterocycles. The molecule has 0 unspecified atom stereocenters. The van der Waals surface area contributed by atoms with E-state index in [1.807, 2.05) is 0 Å². The molecule has 52 valence electrons. The summed E-state index contributed by atoms with van der Waals surface area (Å²) < 4.78 is 13.3. The highest BCUT2D eigenvalue weighted by atomic mass is 79.9. The van der Waals surface area contributed by atoms with Crippen molar-refractivity contribution in [1.29, 1.82) is 0 Å². The molecule has 10 heavy (non-hydrogen) atoms. The Morgan fingerprint density at radius 1 is 1.70 bits per heavy atom. The normalized spacial score (nSPS) is 9.40. The van der Waals surface area contributed by atoms with Crippen LogP contribution >= 0.6 is 15.9 Å². The predicted molar refractivity (Wildman–Crippen MR) is 42.0 cm³/mol. The van der Waals surface area contributed by atoms with Crippen LogP contribution in [0.15, 0.2) is 23.3 Å². The molecule has 0 aromatic carbocycles. The van der Waals surface area contributed by atoms with Crippen molar-refractivity contribution in [2.45, 2.75) is 0 Å². The quantitative estimate of drug-likeness (QED) is 0.638. The fourth-order valence-corrected chi connectivity index (χ4v) is 0.930. The molecule has 0 radical (unpaired) electrons. The van der Waals surface area contributed by atoms with Crippen molar-refractivity contribution in [3.8, 4) is 0 Å². The second-order valence-electron chi connectivity index (χ2n) is 1.74. The first-order chi connectivity index (χ1) is 4.74. The van der Waals surface area contributed by atoms with Crippen molar-refractivity contribution in [3.05, 3.63) is 34.8 Å². The number of aromatic nitrogens is 1. The molecule has 0 bridgehead atoms. The van der Waals surface area contributed by atoms with E-state index in [9.17, 15) is 4.39 Å². The van der Waals surface area contributed by atoms with Crippen molar-refractivity contribution in [2.75, 3.05) is 0 Å². The van der Waals surface area contributed by atoms with Gasteiger partial charge in [-0.05, 0) is 22.0 Å². The molecular weight excluding hydrogens is 197 g/mol. The molecule has 0 fully saturated rings.